The van der Waals surface area contributed by atoms with Crippen molar-refractivity contribution in [3.63, 3.8) is 0 Å². The molecule has 0 aliphatic heterocycles. The Balaban J connectivity index is 1.68. The molecule has 2 unspecified atom stereocenters. The Morgan fingerprint density at radius 2 is 2.30 bits per heavy atom. The molecule has 1 aliphatic rings. The van der Waals surface area contributed by atoms with Crippen LogP contribution in [0.25, 0.3) is 0 Å². The SMILES string of the molecule is CCC(C)n1ccc(CC(N)c2cc3c(s2)CCC3)n1. The first-order valence-corrected chi connectivity index (χ1v) is 8.40. The summed E-state index contributed by atoms with van der Waals surface area (Å²) in [5, 5.41) is 4.65. The topological polar surface area (TPSA) is 43.8 Å². The fraction of sp³-hybridized carbons (Fsp3) is 0.562. The van der Waals surface area contributed by atoms with Crippen LogP contribution in [0, 0.1) is 0 Å². The summed E-state index contributed by atoms with van der Waals surface area (Å²) in [6.45, 7) is 4.38. The standard InChI is InChI=1S/C16H23N3S/c1-3-11(2)19-8-7-13(18-19)10-14(17)16-9-12-5-4-6-15(12)20-16/h7-9,11,14H,3-6,10,17H2,1-2H3. The third kappa shape index (κ3) is 2.67. The Kier molecular flexibility index (Phi) is 3.94. The van der Waals surface area contributed by atoms with Gasteiger partial charge in [-0.25, -0.2) is 0 Å². The molecule has 1 aliphatic carbocycles. The highest BCUT2D eigenvalue weighted by Gasteiger charge is 2.19. The van der Waals surface area contributed by atoms with Gasteiger partial charge in [0.15, 0.2) is 0 Å². The number of nitrogens with two attached hydrogens (primary N) is 1. The number of hydrogen-bond donors (Lipinski definition) is 1. The average Bonchev–Trinajstić information content (AvgIpc) is 3.11. The molecule has 2 N–H and O–H groups in total. The van der Waals surface area contributed by atoms with E-state index in [1.807, 2.05) is 11.3 Å². The van der Waals surface area contributed by atoms with E-state index in [0.717, 1.165) is 18.5 Å². The van der Waals surface area contributed by atoms with Crippen LogP contribution in [0.2, 0.25) is 0 Å². The van der Waals surface area contributed by atoms with Gasteiger partial charge in [-0.3, -0.25) is 4.68 Å². The summed E-state index contributed by atoms with van der Waals surface area (Å²) in [5.41, 5.74) is 9.00. The number of nitrogens with zero attached hydrogens (tertiary/aromatic N) is 2. The second-order valence-corrected chi connectivity index (χ2v) is 6.97. The van der Waals surface area contributed by atoms with Gasteiger partial charge in [0.25, 0.3) is 0 Å². The molecule has 0 aromatic carbocycles. The predicted molar refractivity (Wildman–Crippen MR) is 84.2 cm³/mol. The Hall–Kier alpha value is -1.13. The lowest BCUT2D eigenvalue weighted by atomic mass is 10.1. The minimum absolute atomic E-state index is 0.0888. The van der Waals surface area contributed by atoms with Crippen LogP contribution < -0.4 is 5.73 Å². The molecule has 20 heavy (non-hydrogen) atoms. The fourth-order valence-corrected chi connectivity index (χ4v) is 4.04. The molecule has 0 saturated heterocycles. The van der Waals surface area contributed by atoms with Gasteiger partial charge in [-0.1, -0.05) is 6.92 Å². The van der Waals surface area contributed by atoms with Crippen molar-refractivity contribution in [1.82, 2.24) is 9.78 Å². The molecule has 0 spiro atoms. The van der Waals surface area contributed by atoms with Gasteiger partial charge >= 0.3 is 0 Å². The van der Waals surface area contributed by atoms with Crippen LogP contribution in [-0.4, -0.2) is 9.78 Å². The maximum Gasteiger partial charge on any atom is 0.0643 e. The van der Waals surface area contributed by atoms with Crippen LogP contribution in [0.4, 0.5) is 0 Å². The largest absolute Gasteiger partial charge is 0.323 e. The number of aromatic nitrogens is 2. The number of aryl methyl sites for hydroxylation is 2. The third-order valence-electron chi connectivity index (χ3n) is 4.27. The van der Waals surface area contributed by atoms with Crippen LogP contribution in [-0.2, 0) is 19.3 Å². The lowest BCUT2D eigenvalue weighted by Crippen LogP contribution is -2.13. The van der Waals surface area contributed by atoms with Gasteiger partial charge in [-0.05, 0) is 50.3 Å². The molecule has 2 aromatic heterocycles. The summed E-state index contributed by atoms with van der Waals surface area (Å²) >= 11 is 1.91. The second-order valence-electron chi connectivity index (χ2n) is 5.81. The minimum Gasteiger partial charge on any atom is -0.323 e. The van der Waals surface area contributed by atoms with E-state index in [1.54, 1.807) is 4.88 Å². The molecule has 3 rings (SSSR count). The first-order chi connectivity index (χ1) is 9.67. The molecule has 2 aromatic rings. The third-order valence-corrected chi connectivity index (χ3v) is 5.64. The smallest absolute Gasteiger partial charge is 0.0643 e. The van der Waals surface area contributed by atoms with E-state index in [-0.39, 0.29) is 6.04 Å². The quantitative estimate of drug-likeness (QED) is 0.913. The zero-order valence-electron chi connectivity index (χ0n) is 12.3. The summed E-state index contributed by atoms with van der Waals surface area (Å²) in [4.78, 5) is 2.88. The molecular formula is C16H23N3S. The molecule has 0 amide bonds. The van der Waals surface area contributed by atoms with E-state index in [4.69, 9.17) is 5.73 Å². The van der Waals surface area contributed by atoms with Crippen molar-refractivity contribution in [2.24, 2.45) is 5.73 Å². The number of thiophene rings is 1. The van der Waals surface area contributed by atoms with E-state index in [1.165, 1.54) is 29.7 Å². The van der Waals surface area contributed by atoms with Gasteiger partial charge in [0, 0.05) is 34.5 Å². The maximum atomic E-state index is 6.37. The van der Waals surface area contributed by atoms with Gasteiger partial charge in [-0.15, -0.1) is 11.3 Å². The van der Waals surface area contributed by atoms with E-state index >= 15 is 0 Å². The zero-order valence-corrected chi connectivity index (χ0v) is 13.1. The van der Waals surface area contributed by atoms with Crippen LogP contribution in [0.15, 0.2) is 18.3 Å². The number of hydrogen-bond acceptors (Lipinski definition) is 3. The molecule has 4 heteroatoms. The van der Waals surface area contributed by atoms with E-state index < -0.39 is 0 Å². The van der Waals surface area contributed by atoms with E-state index in [2.05, 4.69) is 42.0 Å². The molecule has 0 bridgehead atoms. The highest BCUT2D eigenvalue weighted by molar-refractivity contribution is 7.12. The lowest BCUT2D eigenvalue weighted by molar-refractivity contribution is 0.472. The maximum absolute atomic E-state index is 6.37. The number of fused-ring (bicyclic) bond motifs is 1. The van der Waals surface area contributed by atoms with Crippen molar-refractivity contribution in [2.45, 2.75) is 58.0 Å². The molecule has 0 saturated carbocycles. The van der Waals surface area contributed by atoms with Gasteiger partial charge in [0.1, 0.15) is 0 Å². The molecule has 0 fully saturated rings. The Bertz CT molecular complexity index is 563. The Morgan fingerprint density at radius 1 is 1.45 bits per heavy atom. The van der Waals surface area contributed by atoms with Gasteiger partial charge in [0.2, 0.25) is 0 Å². The highest BCUT2D eigenvalue weighted by atomic mass is 32.1. The molecule has 0 radical (unpaired) electrons. The fourth-order valence-electron chi connectivity index (χ4n) is 2.78. The average molecular weight is 289 g/mol. The second kappa shape index (κ2) is 5.70. The summed E-state index contributed by atoms with van der Waals surface area (Å²) in [6.07, 6.45) is 7.81. The summed E-state index contributed by atoms with van der Waals surface area (Å²) in [5.74, 6) is 0. The Labute approximate surface area is 124 Å². The molecule has 108 valence electrons. The van der Waals surface area contributed by atoms with Crippen LogP contribution in [0.3, 0.4) is 0 Å². The van der Waals surface area contributed by atoms with Crippen molar-refractivity contribution < 1.29 is 0 Å². The van der Waals surface area contributed by atoms with Crippen molar-refractivity contribution in [3.05, 3.63) is 39.3 Å². The number of rotatable bonds is 5. The Morgan fingerprint density at radius 3 is 3.05 bits per heavy atom. The molecule has 2 heterocycles. The van der Waals surface area contributed by atoms with Crippen molar-refractivity contribution in [1.29, 1.82) is 0 Å². The highest BCUT2D eigenvalue weighted by Crippen LogP contribution is 2.33. The van der Waals surface area contributed by atoms with Gasteiger partial charge in [0.05, 0.1) is 5.69 Å². The minimum atomic E-state index is 0.0888. The van der Waals surface area contributed by atoms with Gasteiger partial charge in [-0.2, -0.15) is 5.10 Å². The van der Waals surface area contributed by atoms with Crippen LogP contribution in [0.1, 0.15) is 59.8 Å². The lowest BCUT2D eigenvalue weighted by Gasteiger charge is -2.10. The summed E-state index contributed by atoms with van der Waals surface area (Å²) < 4.78 is 2.05. The zero-order chi connectivity index (χ0) is 14.1. The first kappa shape index (κ1) is 13.8. The van der Waals surface area contributed by atoms with Crippen molar-refractivity contribution in [3.8, 4) is 0 Å². The van der Waals surface area contributed by atoms with Gasteiger partial charge < -0.3 is 5.73 Å². The predicted octanol–water partition coefficient (Wildman–Crippen LogP) is 3.65. The first-order valence-electron chi connectivity index (χ1n) is 7.58. The van der Waals surface area contributed by atoms with Crippen molar-refractivity contribution >= 4 is 11.3 Å². The molecule has 2 atom stereocenters. The van der Waals surface area contributed by atoms with Crippen LogP contribution >= 0.6 is 11.3 Å². The molecule has 3 nitrogen and oxygen atoms in total. The van der Waals surface area contributed by atoms with E-state index in [9.17, 15) is 0 Å². The summed E-state index contributed by atoms with van der Waals surface area (Å²) in [6, 6.07) is 4.98. The van der Waals surface area contributed by atoms with Crippen LogP contribution in [0.5, 0.6) is 0 Å². The molecular weight excluding hydrogens is 266 g/mol. The van der Waals surface area contributed by atoms with E-state index in [0.29, 0.717) is 6.04 Å². The normalized spacial score (nSPS) is 17.1. The van der Waals surface area contributed by atoms with Crippen molar-refractivity contribution in [2.75, 3.05) is 0 Å². The monoisotopic (exact) mass is 289 g/mol. The summed E-state index contributed by atoms with van der Waals surface area (Å²) in [7, 11) is 0.